The van der Waals surface area contributed by atoms with Gasteiger partial charge in [0.05, 0.1) is 19.6 Å². The summed E-state index contributed by atoms with van der Waals surface area (Å²) in [6.07, 6.45) is 1.84. The number of rotatable bonds is 7. The van der Waals surface area contributed by atoms with Crippen molar-refractivity contribution in [2.75, 3.05) is 20.2 Å². The van der Waals surface area contributed by atoms with Crippen LogP contribution in [0.1, 0.15) is 24.3 Å². The van der Waals surface area contributed by atoms with E-state index in [1.807, 2.05) is 48.5 Å². The summed E-state index contributed by atoms with van der Waals surface area (Å²) < 4.78 is 10.5. The lowest BCUT2D eigenvalue weighted by Crippen LogP contribution is -2.42. The van der Waals surface area contributed by atoms with Crippen molar-refractivity contribution in [3.8, 4) is 17.1 Å². The summed E-state index contributed by atoms with van der Waals surface area (Å²) in [7, 11) is 1.61. The van der Waals surface area contributed by atoms with E-state index in [9.17, 15) is 4.79 Å². The number of nitrogens with zero attached hydrogens (tertiary/aromatic N) is 3. The quantitative estimate of drug-likeness (QED) is 0.599. The zero-order valence-corrected chi connectivity index (χ0v) is 18.1. The summed E-state index contributed by atoms with van der Waals surface area (Å²) in [4.78, 5) is 19.4. The minimum absolute atomic E-state index is 0.00462. The maximum absolute atomic E-state index is 12.7. The largest absolute Gasteiger partial charge is 0.497 e. The lowest BCUT2D eigenvalue weighted by atomic mass is 9.96. The van der Waals surface area contributed by atoms with Gasteiger partial charge in [0, 0.05) is 23.7 Å². The number of hydrogen-bond acceptors (Lipinski definition) is 6. The van der Waals surface area contributed by atoms with Gasteiger partial charge >= 0.3 is 0 Å². The van der Waals surface area contributed by atoms with Gasteiger partial charge in [-0.15, -0.1) is 0 Å². The van der Waals surface area contributed by atoms with Gasteiger partial charge in [-0.3, -0.25) is 9.69 Å². The molecule has 0 aliphatic carbocycles. The highest BCUT2D eigenvalue weighted by molar-refractivity contribution is 6.31. The van der Waals surface area contributed by atoms with E-state index in [-0.39, 0.29) is 18.4 Å². The Labute approximate surface area is 186 Å². The molecule has 1 atom stereocenters. The highest BCUT2D eigenvalue weighted by atomic mass is 35.5. The molecule has 4 rings (SSSR count). The number of methoxy groups -OCH3 is 1. The molecule has 0 unspecified atom stereocenters. The molecule has 7 nitrogen and oxygen atoms in total. The molecule has 2 aromatic carbocycles. The van der Waals surface area contributed by atoms with Crippen molar-refractivity contribution in [3.63, 3.8) is 0 Å². The molecule has 31 heavy (non-hydrogen) atoms. The zero-order valence-electron chi connectivity index (χ0n) is 17.4. The SMILES string of the molecule is COc1cccc(-c2noc(CNC(=O)[C@@H]3CCCN(Cc4ccccc4Cl)C3)n2)c1. The summed E-state index contributed by atoms with van der Waals surface area (Å²) in [5.74, 6) is 1.49. The van der Waals surface area contributed by atoms with E-state index in [0.29, 0.717) is 18.3 Å². The van der Waals surface area contributed by atoms with E-state index in [2.05, 4.69) is 20.4 Å². The second-order valence-electron chi connectivity index (χ2n) is 7.63. The first kappa shape index (κ1) is 21.3. The maximum atomic E-state index is 12.7. The lowest BCUT2D eigenvalue weighted by Gasteiger charge is -2.32. The van der Waals surface area contributed by atoms with E-state index < -0.39 is 0 Å². The number of aromatic nitrogens is 2. The molecule has 0 spiro atoms. The normalized spacial score (nSPS) is 16.8. The Hall–Kier alpha value is -2.90. The Balaban J connectivity index is 1.31. The summed E-state index contributed by atoms with van der Waals surface area (Å²) in [5, 5.41) is 7.71. The van der Waals surface area contributed by atoms with Crippen LogP contribution in [0.15, 0.2) is 53.1 Å². The number of likely N-dealkylation sites (tertiary alicyclic amines) is 1. The molecule has 162 valence electrons. The van der Waals surface area contributed by atoms with Crippen LogP contribution in [0.25, 0.3) is 11.4 Å². The molecular weight excluding hydrogens is 416 g/mol. The molecule has 1 fully saturated rings. The van der Waals surface area contributed by atoms with Crippen LogP contribution in [-0.2, 0) is 17.9 Å². The summed E-state index contributed by atoms with van der Waals surface area (Å²) in [6.45, 7) is 2.62. The average molecular weight is 441 g/mol. The Morgan fingerprint density at radius 1 is 1.29 bits per heavy atom. The summed E-state index contributed by atoms with van der Waals surface area (Å²) in [6, 6.07) is 15.3. The highest BCUT2D eigenvalue weighted by Gasteiger charge is 2.26. The minimum atomic E-state index is -0.0722. The fraction of sp³-hybridized carbons (Fsp3) is 0.348. The zero-order chi connectivity index (χ0) is 21.6. The number of nitrogens with one attached hydrogen (secondary N) is 1. The molecular formula is C23H25ClN4O3. The van der Waals surface area contributed by atoms with E-state index in [4.69, 9.17) is 20.9 Å². The Bertz CT molecular complexity index is 1040. The number of hydrogen-bond donors (Lipinski definition) is 1. The molecule has 1 N–H and O–H groups in total. The molecule has 1 aliphatic heterocycles. The third-order valence-corrected chi connectivity index (χ3v) is 5.81. The minimum Gasteiger partial charge on any atom is -0.497 e. The van der Waals surface area contributed by atoms with Crippen molar-refractivity contribution in [1.29, 1.82) is 0 Å². The van der Waals surface area contributed by atoms with Gasteiger partial charge in [-0.2, -0.15) is 4.98 Å². The fourth-order valence-electron chi connectivity index (χ4n) is 3.79. The third-order valence-electron chi connectivity index (χ3n) is 5.44. The van der Waals surface area contributed by atoms with Crippen LogP contribution in [0.2, 0.25) is 5.02 Å². The average Bonchev–Trinajstić information content (AvgIpc) is 3.28. The van der Waals surface area contributed by atoms with Gasteiger partial charge in [-0.1, -0.05) is 47.1 Å². The Kier molecular flexibility index (Phi) is 6.84. The first-order valence-electron chi connectivity index (χ1n) is 10.3. The van der Waals surface area contributed by atoms with E-state index in [1.54, 1.807) is 7.11 Å². The molecule has 0 saturated carbocycles. The molecule has 0 radical (unpaired) electrons. The smallest absolute Gasteiger partial charge is 0.246 e. The van der Waals surface area contributed by atoms with Crippen molar-refractivity contribution < 1.29 is 14.1 Å². The number of piperidine rings is 1. The predicted molar refractivity (Wildman–Crippen MR) is 118 cm³/mol. The van der Waals surface area contributed by atoms with Crippen LogP contribution in [0.3, 0.4) is 0 Å². The number of halogens is 1. The second kappa shape index (κ2) is 9.94. The molecule has 3 aromatic rings. The van der Waals surface area contributed by atoms with Crippen molar-refractivity contribution >= 4 is 17.5 Å². The summed E-state index contributed by atoms with van der Waals surface area (Å²) >= 11 is 6.29. The first-order valence-corrected chi connectivity index (χ1v) is 10.7. The molecule has 8 heteroatoms. The molecule has 0 bridgehead atoms. The topological polar surface area (TPSA) is 80.5 Å². The van der Waals surface area contributed by atoms with Crippen molar-refractivity contribution in [3.05, 3.63) is 65.0 Å². The summed E-state index contributed by atoms with van der Waals surface area (Å²) in [5.41, 5.74) is 1.88. The van der Waals surface area contributed by atoms with Gasteiger partial charge in [-0.05, 0) is 43.1 Å². The number of carbonyl (C=O) groups is 1. The number of amides is 1. The van der Waals surface area contributed by atoms with Crippen LogP contribution in [-0.4, -0.2) is 41.1 Å². The van der Waals surface area contributed by atoms with Gasteiger partial charge < -0.3 is 14.6 Å². The van der Waals surface area contributed by atoms with Gasteiger partial charge in [0.25, 0.3) is 0 Å². The highest BCUT2D eigenvalue weighted by Crippen LogP contribution is 2.23. The van der Waals surface area contributed by atoms with Crippen LogP contribution >= 0.6 is 11.6 Å². The number of ether oxygens (including phenoxy) is 1. The molecule has 2 heterocycles. The van der Waals surface area contributed by atoms with Crippen molar-refractivity contribution in [2.45, 2.75) is 25.9 Å². The fourth-order valence-corrected chi connectivity index (χ4v) is 3.99. The van der Waals surface area contributed by atoms with Gasteiger partial charge in [0.1, 0.15) is 5.75 Å². The molecule has 1 aliphatic rings. The van der Waals surface area contributed by atoms with Crippen LogP contribution in [0.5, 0.6) is 5.75 Å². The van der Waals surface area contributed by atoms with E-state index in [1.165, 1.54) is 0 Å². The van der Waals surface area contributed by atoms with Crippen molar-refractivity contribution in [1.82, 2.24) is 20.4 Å². The van der Waals surface area contributed by atoms with Crippen LogP contribution in [0, 0.1) is 5.92 Å². The number of benzene rings is 2. The van der Waals surface area contributed by atoms with Crippen LogP contribution in [0.4, 0.5) is 0 Å². The maximum Gasteiger partial charge on any atom is 0.246 e. The first-order chi connectivity index (χ1) is 15.1. The number of carbonyl (C=O) groups excluding carboxylic acids is 1. The van der Waals surface area contributed by atoms with Gasteiger partial charge in [0.2, 0.25) is 17.6 Å². The van der Waals surface area contributed by atoms with Gasteiger partial charge in [0.15, 0.2) is 0 Å². The Morgan fingerprint density at radius 3 is 3.00 bits per heavy atom. The van der Waals surface area contributed by atoms with E-state index in [0.717, 1.165) is 47.8 Å². The lowest BCUT2D eigenvalue weighted by molar-refractivity contribution is -0.127. The second-order valence-corrected chi connectivity index (χ2v) is 8.03. The van der Waals surface area contributed by atoms with E-state index >= 15 is 0 Å². The van der Waals surface area contributed by atoms with Crippen molar-refractivity contribution in [2.24, 2.45) is 5.92 Å². The van der Waals surface area contributed by atoms with Crippen LogP contribution < -0.4 is 10.1 Å². The van der Waals surface area contributed by atoms with Gasteiger partial charge in [-0.25, -0.2) is 0 Å². The third kappa shape index (κ3) is 5.42. The molecule has 1 amide bonds. The standard InChI is InChI=1S/C23H25ClN4O3/c1-30-19-9-4-7-16(12-19)22-26-21(31-27-22)13-25-23(29)18-8-5-11-28(15-18)14-17-6-2-3-10-20(17)24/h2-4,6-7,9-10,12,18H,5,8,11,13-15H2,1H3,(H,25,29)/t18-/m1/s1. The predicted octanol–water partition coefficient (Wildman–Crippen LogP) is 3.93. The Morgan fingerprint density at radius 2 is 2.16 bits per heavy atom. The molecule has 1 saturated heterocycles. The molecule has 1 aromatic heterocycles. The monoisotopic (exact) mass is 440 g/mol.